The van der Waals surface area contributed by atoms with E-state index in [0.717, 1.165) is 0 Å². The van der Waals surface area contributed by atoms with Crippen molar-refractivity contribution in [3.8, 4) is 11.8 Å². The summed E-state index contributed by atoms with van der Waals surface area (Å²) < 4.78 is 23.8. The van der Waals surface area contributed by atoms with E-state index in [9.17, 15) is 13.2 Å². The zero-order valence-corrected chi connectivity index (χ0v) is 11.5. The summed E-state index contributed by atoms with van der Waals surface area (Å²) in [6.07, 6.45) is 0. The average molecular weight is 307 g/mol. The Morgan fingerprint density at radius 2 is 2.00 bits per heavy atom. The van der Waals surface area contributed by atoms with Gasteiger partial charge >= 0.3 is 5.97 Å². The van der Waals surface area contributed by atoms with Gasteiger partial charge in [-0.05, 0) is 19.1 Å². The number of aromatic carboxylic acids is 1. The molecule has 0 spiro atoms. The Morgan fingerprint density at radius 1 is 1.39 bits per heavy atom. The van der Waals surface area contributed by atoms with Crippen LogP contribution in [0.5, 0.6) is 0 Å². The van der Waals surface area contributed by atoms with Gasteiger partial charge in [-0.3, -0.25) is 0 Å². The number of carbonyl (C=O) groups is 1. The minimum Gasteiger partial charge on any atom is -0.478 e. The van der Waals surface area contributed by atoms with Crippen molar-refractivity contribution in [3.63, 3.8) is 0 Å². The number of carboxylic acid groups (broad SMARTS) is 1. The molecule has 0 atom stereocenters. The van der Waals surface area contributed by atoms with Crippen molar-refractivity contribution >= 4 is 39.0 Å². The largest absolute Gasteiger partial charge is 0.478 e. The van der Waals surface area contributed by atoms with Gasteiger partial charge in [-0.15, -0.1) is 5.92 Å². The van der Waals surface area contributed by atoms with Gasteiger partial charge in [0.1, 0.15) is 5.75 Å². The van der Waals surface area contributed by atoms with Crippen LogP contribution in [0.1, 0.15) is 17.3 Å². The maximum atomic E-state index is 11.9. The molecule has 0 unspecified atom stereocenters. The maximum absolute atomic E-state index is 11.9. The van der Waals surface area contributed by atoms with Crippen LogP contribution in [0.2, 0.25) is 10.0 Å². The molecule has 0 saturated heterocycles. The maximum Gasteiger partial charge on any atom is 0.338 e. The van der Waals surface area contributed by atoms with Crippen LogP contribution in [0.4, 0.5) is 0 Å². The predicted molar refractivity (Wildman–Crippen MR) is 68.9 cm³/mol. The van der Waals surface area contributed by atoms with Crippen LogP contribution in [-0.2, 0) is 9.84 Å². The van der Waals surface area contributed by atoms with Crippen LogP contribution in [0.25, 0.3) is 0 Å². The number of hydrogen-bond donors (Lipinski definition) is 1. The normalized spacial score (nSPS) is 10.6. The quantitative estimate of drug-likeness (QED) is 0.871. The zero-order chi connectivity index (χ0) is 13.9. The molecule has 0 fully saturated rings. The average Bonchev–Trinajstić information content (AvgIpc) is 2.25. The van der Waals surface area contributed by atoms with Gasteiger partial charge in [0.25, 0.3) is 0 Å². The molecule has 0 aromatic heterocycles. The Morgan fingerprint density at radius 3 is 2.50 bits per heavy atom. The van der Waals surface area contributed by atoms with Crippen LogP contribution < -0.4 is 0 Å². The third kappa shape index (κ3) is 2.96. The van der Waals surface area contributed by atoms with Gasteiger partial charge in [0.15, 0.2) is 9.84 Å². The van der Waals surface area contributed by atoms with E-state index in [1.165, 1.54) is 19.1 Å². The second kappa shape index (κ2) is 5.61. The standard InChI is InChI=1S/C11H8Cl2O4S/c1-2-3-6-18(16,17)8-5-4-7(12)9(10(8)13)11(14)15/h4-5H,6H2,1H3,(H,14,15). The van der Waals surface area contributed by atoms with Crippen LogP contribution in [0.15, 0.2) is 17.0 Å². The lowest BCUT2D eigenvalue weighted by molar-refractivity contribution is 0.0697. The summed E-state index contributed by atoms with van der Waals surface area (Å²) in [6, 6.07) is 2.35. The predicted octanol–water partition coefficient (Wildman–Crippen LogP) is 2.49. The molecule has 1 aromatic carbocycles. The molecule has 96 valence electrons. The van der Waals surface area contributed by atoms with Gasteiger partial charge in [-0.2, -0.15) is 0 Å². The molecule has 0 aliphatic carbocycles. The Kier molecular flexibility index (Phi) is 4.63. The second-order valence-corrected chi connectivity index (χ2v) is 5.97. The van der Waals surface area contributed by atoms with Gasteiger partial charge < -0.3 is 5.11 Å². The third-order valence-electron chi connectivity index (χ3n) is 2.04. The summed E-state index contributed by atoms with van der Waals surface area (Å²) in [4.78, 5) is 10.7. The molecule has 1 N–H and O–H groups in total. The summed E-state index contributed by atoms with van der Waals surface area (Å²) >= 11 is 11.4. The van der Waals surface area contributed by atoms with Crippen molar-refractivity contribution in [3.05, 3.63) is 27.7 Å². The molecular formula is C11H8Cl2O4S. The fraction of sp³-hybridized carbons (Fsp3) is 0.182. The fourth-order valence-electron chi connectivity index (χ4n) is 1.21. The highest BCUT2D eigenvalue weighted by atomic mass is 35.5. The Bertz CT molecular complexity index is 654. The highest BCUT2D eigenvalue weighted by Crippen LogP contribution is 2.31. The van der Waals surface area contributed by atoms with Gasteiger partial charge in [-0.1, -0.05) is 29.1 Å². The summed E-state index contributed by atoms with van der Waals surface area (Å²) in [5.74, 6) is 3.04. The first-order chi connectivity index (χ1) is 8.31. The van der Waals surface area contributed by atoms with Gasteiger partial charge in [0.2, 0.25) is 0 Å². The molecule has 1 aromatic rings. The number of benzene rings is 1. The van der Waals surface area contributed by atoms with Crippen molar-refractivity contribution in [2.75, 3.05) is 5.75 Å². The second-order valence-electron chi connectivity index (χ2n) is 3.23. The molecule has 4 nitrogen and oxygen atoms in total. The molecular weight excluding hydrogens is 299 g/mol. The van der Waals surface area contributed by atoms with Crippen LogP contribution in [0.3, 0.4) is 0 Å². The Labute approximate surface area is 114 Å². The minimum atomic E-state index is -3.75. The van der Waals surface area contributed by atoms with E-state index >= 15 is 0 Å². The topological polar surface area (TPSA) is 71.4 Å². The molecule has 0 heterocycles. The van der Waals surface area contributed by atoms with E-state index in [-0.39, 0.29) is 9.92 Å². The molecule has 0 amide bonds. The first kappa shape index (κ1) is 14.8. The summed E-state index contributed by atoms with van der Waals surface area (Å²) in [5, 5.41) is 8.41. The first-order valence-electron chi connectivity index (χ1n) is 4.65. The highest BCUT2D eigenvalue weighted by Gasteiger charge is 2.24. The molecule has 0 saturated carbocycles. The number of halogens is 2. The lowest BCUT2D eigenvalue weighted by atomic mass is 10.2. The Hall–Kier alpha value is -1.22. The minimum absolute atomic E-state index is 0.118. The molecule has 18 heavy (non-hydrogen) atoms. The van der Waals surface area contributed by atoms with E-state index in [4.69, 9.17) is 28.3 Å². The van der Waals surface area contributed by atoms with E-state index < -0.39 is 32.1 Å². The molecule has 0 bridgehead atoms. The Balaban J connectivity index is 3.48. The number of carboxylic acids is 1. The number of sulfone groups is 1. The van der Waals surface area contributed by atoms with Crippen molar-refractivity contribution < 1.29 is 18.3 Å². The van der Waals surface area contributed by atoms with Crippen molar-refractivity contribution in [1.82, 2.24) is 0 Å². The van der Waals surface area contributed by atoms with E-state index in [2.05, 4.69) is 11.8 Å². The summed E-state index contributed by atoms with van der Waals surface area (Å²) in [5.41, 5.74) is -0.427. The van der Waals surface area contributed by atoms with Crippen molar-refractivity contribution in [2.45, 2.75) is 11.8 Å². The highest BCUT2D eigenvalue weighted by molar-refractivity contribution is 7.91. The summed E-state index contributed by atoms with van der Waals surface area (Å²) in [7, 11) is -3.75. The summed E-state index contributed by atoms with van der Waals surface area (Å²) in [6.45, 7) is 1.50. The van der Waals surface area contributed by atoms with Crippen molar-refractivity contribution in [2.24, 2.45) is 0 Å². The molecule has 7 heteroatoms. The molecule has 0 aliphatic rings. The SMILES string of the molecule is CC#CCS(=O)(=O)c1ccc(Cl)c(C(=O)O)c1Cl. The third-order valence-corrected chi connectivity index (χ3v) is 4.40. The van der Waals surface area contributed by atoms with Crippen LogP contribution >= 0.6 is 23.2 Å². The number of hydrogen-bond acceptors (Lipinski definition) is 3. The van der Waals surface area contributed by atoms with E-state index in [0.29, 0.717) is 0 Å². The van der Waals surface area contributed by atoms with Crippen molar-refractivity contribution in [1.29, 1.82) is 0 Å². The molecule has 0 aliphatic heterocycles. The van der Waals surface area contributed by atoms with E-state index in [1.807, 2.05) is 0 Å². The fourth-order valence-corrected chi connectivity index (χ4v) is 3.24. The van der Waals surface area contributed by atoms with Gasteiger partial charge in [-0.25, -0.2) is 13.2 Å². The monoisotopic (exact) mass is 306 g/mol. The van der Waals surface area contributed by atoms with E-state index in [1.54, 1.807) is 0 Å². The molecule has 1 rings (SSSR count). The number of rotatable bonds is 3. The lowest BCUT2D eigenvalue weighted by Crippen LogP contribution is -2.09. The smallest absolute Gasteiger partial charge is 0.338 e. The van der Waals surface area contributed by atoms with Crippen LogP contribution in [0, 0.1) is 11.8 Å². The van der Waals surface area contributed by atoms with Gasteiger partial charge in [0.05, 0.1) is 20.5 Å². The first-order valence-corrected chi connectivity index (χ1v) is 7.05. The lowest BCUT2D eigenvalue weighted by Gasteiger charge is -2.07. The molecule has 0 radical (unpaired) electrons. The van der Waals surface area contributed by atoms with Gasteiger partial charge in [0, 0.05) is 0 Å². The zero-order valence-electron chi connectivity index (χ0n) is 9.20. The van der Waals surface area contributed by atoms with Crippen LogP contribution in [-0.4, -0.2) is 25.2 Å².